The summed E-state index contributed by atoms with van der Waals surface area (Å²) in [5, 5.41) is 22.0. The second kappa shape index (κ2) is 5.73. The number of hydrogen-bond acceptors (Lipinski definition) is 3. The molecular formula is C16H22N2O. The first kappa shape index (κ1) is 14.0. The van der Waals surface area contributed by atoms with Crippen LogP contribution in [0.3, 0.4) is 0 Å². The van der Waals surface area contributed by atoms with Crippen molar-refractivity contribution < 1.29 is 5.11 Å². The topological polar surface area (TPSA) is 56.0 Å². The molecule has 1 aliphatic rings. The predicted molar refractivity (Wildman–Crippen MR) is 75.5 cm³/mol. The Morgan fingerprint density at radius 3 is 2.74 bits per heavy atom. The lowest BCUT2D eigenvalue weighted by Crippen LogP contribution is -2.42. The lowest BCUT2D eigenvalue weighted by molar-refractivity contribution is 0.114. The molecule has 0 heterocycles. The normalized spacial score (nSPS) is 28.0. The van der Waals surface area contributed by atoms with Gasteiger partial charge in [0.25, 0.3) is 0 Å². The number of benzene rings is 1. The first-order valence-electron chi connectivity index (χ1n) is 6.96. The maximum absolute atomic E-state index is 9.57. The van der Waals surface area contributed by atoms with Crippen molar-refractivity contribution in [2.75, 3.05) is 6.61 Å². The van der Waals surface area contributed by atoms with Crippen LogP contribution in [0, 0.1) is 16.7 Å². The van der Waals surface area contributed by atoms with Crippen molar-refractivity contribution in [1.29, 1.82) is 5.26 Å². The lowest BCUT2D eigenvalue weighted by Gasteiger charge is -2.32. The summed E-state index contributed by atoms with van der Waals surface area (Å²) in [6.07, 6.45) is 3.38. The maximum atomic E-state index is 9.57. The lowest BCUT2D eigenvalue weighted by atomic mass is 9.85. The molecule has 0 bridgehead atoms. The largest absolute Gasteiger partial charge is 0.396 e. The molecule has 19 heavy (non-hydrogen) atoms. The van der Waals surface area contributed by atoms with Crippen LogP contribution in [0.2, 0.25) is 0 Å². The second-order valence-electron chi connectivity index (χ2n) is 5.88. The third-order valence-electron chi connectivity index (χ3n) is 4.43. The molecule has 3 atom stereocenters. The Hall–Kier alpha value is -1.37. The van der Waals surface area contributed by atoms with E-state index >= 15 is 0 Å². The number of aliphatic hydroxyl groups is 1. The van der Waals surface area contributed by atoms with E-state index in [4.69, 9.17) is 5.26 Å². The van der Waals surface area contributed by atoms with Gasteiger partial charge in [-0.25, -0.2) is 0 Å². The minimum atomic E-state index is 0.000848. The van der Waals surface area contributed by atoms with Gasteiger partial charge in [0.15, 0.2) is 0 Å². The van der Waals surface area contributed by atoms with Crippen LogP contribution in [0.25, 0.3) is 0 Å². The zero-order valence-electron chi connectivity index (χ0n) is 11.7. The van der Waals surface area contributed by atoms with Crippen LogP contribution >= 0.6 is 0 Å². The fourth-order valence-corrected chi connectivity index (χ4v) is 2.95. The van der Waals surface area contributed by atoms with Crippen molar-refractivity contribution in [3.63, 3.8) is 0 Å². The highest BCUT2D eigenvalue weighted by atomic mass is 16.3. The minimum Gasteiger partial charge on any atom is -0.396 e. The van der Waals surface area contributed by atoms with E-state index in [-0.39, 0.29) is 18.1 Å². The van der Waals surface area contributed by atoms with Gasteiger partial charge in [-0.15, -0.1) is 0 Å². The zero-order chi connectivity index (χ0) is 13.9. The van der Waals surface area contributed by atoms with Gasteiger partial charge in [0.1, 0.15) is 0 Å². The Morgan fingerprint density at radius 1 is 1.47 bits per heavy atom. The van der Waals surface area contributed by atoms with Crippen LogP contribution in [0.15, 0.2) is 24.3 Å². The quantitative estimate of drug-likeness (QED) is 0.873. The maximum Gasteiger partial charge on any atom is 0.0991 e. The van der Waals surface area contributed by atoms with Gasteiger partial charge in [0, 0.05) is 24.1 Å². The molecule has 3 heteroatoms. The Labute approximate surface area is 115 Å². The fourth-order valence-electron chi connectivity index (χ4n) is 2.95. The summed E-state index contributed by atoms with van der Waals surface area (Å²) >= 11 is 0. The molecule has 1 fully saturated rings. The molecule has 1 saturated carbocycles. The van der Waals surface area contributed by atoms with Gasteiger partial charge in [-0.1, -0.05) is 25.5 Å². The number of hydrogen-bond donors (Lipinski definition) is 2. The van der Waals surface area contributed by atoms with Crippen LogP contribution < -0.4 is 5.32 Å². The van der Waals surface area contributed by atoms with Crippen molar-refractivity contribution in [3.8, 4) is 6.07 Å². The number of nitrogens with zero attached hydrogens (tertiary/aromatic N) is 1. The van der Waals surface area contributed by atoms with Crippen molar-refractivity contribution in [2.45, 2.75) is 45.2 Å². The standard InChI is InChI=1S/C16H22N2O/c1-12(14-7-5-13(10-17)6-8-14)18-15-4-3-9-16(15,2)11-19/h5-8,12,15,18-19H,3-4,9,11H2,1-2H3. The molecule has 0 aromatic heterocycles. The monoisotopic (exact) mass is 258 g/mol. The SMILES string of the molecule is CC(NC1CCCC1(C)CO)c1ccc(C#N)cc1. The molecule has 102 valence electrons. The molecule has 0 aliphatic heterocycles. The van der Waals surface area contributed by atoms with Gasteiger partial charge < -0.3 is 10.4 Å². The first-order chi connectivity index (χ1) is 9.09. The summed E-state index contributed by atoms with van der Waals surface area (Å²) in [4.78, 5) is 0. The van der Waals surface area contributed by atoms with Crippen LogP contribution in [0.5, 0.6) is 0 Å². The molecule has 0 radical (unpaired) electrons. The number of nitriles is 1. The molecule has 3 unspecified atom stereocenters. The Kier molecular flexibility index (Phi) is 4.24. The van der Waals surface area contributed by atoms with E-state index in [1.165, 1.54) is 12.0 Å². The summed E-state index contributed by atoms with van der Waals surface area (Å²) in [5.41, 5.74) is 1.88. The summed E-state index contributed by atoms with van der Waals surface area (Å²) in [6.45, 7) is 4.53. The minimum absolute atomic E-state index is 0.000848. The fraction of sp³-hybridized carbons (Fsp3) is 0.562. The molecule has 1 aliphatic carbocycles. The molecule has 2 rings (SSSR count). The van der Waals surface area contributed by atoms with E-state index in [1.807, 2.05) is 24.3 Å². The van der Waals surface area contributed by atoms with Crippen molar-refractivity contribution in [3.05, 3.63) is 35.4 Å². The molecule has 0 amide bonds. The van der Waals surface area contributed by atoms with Crippen LogP contribution in [-0.2, 0) is 0 Å². The highest BCUT2D eigenvalue weighted by molar-refractivity contribution is 5.32. The Morgan fingerprint density at radius 2 is 2.16 bits per heavy atom. The third kappa shape index (κ3) is 2.97. The smallest absolute Gasteiger partial charge is 0.0991 e. The summed E-state index contributed by atoms with van der Waals surface area (Å²) in [6, 6.07) is 10.4. The number of aliphatic hydroxyl groups excluding tert-OH is 1. The zero-order valence-corrected chi connectivity index (χ0v) is 11.7. The van der Waals surface area contributed by atoms with E-state index in [1.54, 1.807) is 0 Å². The van der Waals surface area contributed by atoms with Gasteiger partial charge in [0.2, 0.25) is 0 Å². The van der Waals surface area contributed by atoms with E-state index in [9.17, 15) is 5.11 Å². The van der Waals surface area contributed by atoms with E-state index in [2.05, 4.69) is 25.2 Å². The van der Waals surface area contributed by atoms with Crippen LogP contribution in [-0.4, -0.2) is 17.8 Å². The average Bonchev–Trinajstić information content (AvgIpc) is 2.81. The average molecular weight is 258 g/mol. The van der Waals surface area contributed by atoms with Gasteiger partial charge in [-0.05, 0) is 37.5 Å². The molecule has 3 nitrogen and oxygen atoms in total. The van der Waals surface area contributed by atoms with Gasteiger partial charge in [-0.2, -0.15) is 5.26 Å². The highest BCUT2D eigenvalue weighted by Crippen LogP contribution is 2.38. The van der Waals surface area contributed by atoms with Crippen LogP contribution in [0.4, 0.5) is 0 Å². The summed E-state index contributed by atoms with van der Waals surface area (Å²) in [7, 11) is 0. The van der Waals surface area contributed by atoms with Gasteiger partial charge >= 0.3 is 0 Å². The predicted octanol–water partition coefficient (Wildman–Crippen LogP) is 2.76. The first-order valence-corrected chi connectivity index (χ1v) is 6.96. The number of nitrogens with one attached hydrogen (secondary N) is 1. The molecular weight excluding hydrogens is 236 g/mol. The van der Waals surface area contributed by atoms with Crippen molar-refractivity contribution >= 4 is 0 Å². The van der Waals surface area contributed by atoms with Crippen molar-refractivity contribution in [1.82, 2.24) is 5.32 Å². The second-order valence-corrected chi connectivity index (χ2v) is 5.88. The third-order valence-corrected chi connectivity index (χ3v) is 4.43. The summed E-state index contributed by atoms with van der Waals surface area (Å²) < 4.78 is 0. The van der Waals surface area contributed by atoms with Crippen molar-refractivity contribution in [2.24, 2.45) is 5.41 Å². The molecule has 0 spiro atoms. The molecule has 2 N–H and O–H groups in total. The number of rotatable bonds is 4. The van der Waals surface area contributed by atoms with Gasteiger partial charge in [0.05, 0.1) is 11.6 Å². The van der Waals surface area contributed by atoms with E-state index in [0.717, 1.165) is 12.8 Å². The summed E-state index contributed by atoms with van der Waals surface area (Å²) in [5.74, 6) is 0. The Balaban J connectivity index is 2.04. The van der Waals surface area contributed by atoms with Crippen LogP contribution in [0.1, 0.15) is 50.3 Å². The Bertz CT molecular complexity index is 463. The molecule has 0 saturated heterocycles. The molecule has 1 aromatic carbocycles. The molecule has 1 aromatic rings. The van der Waals surface area contributed by atoms with E-state index in [0.29, 0.717) is 11.6 Å². The van der Waals surface area contributed by atoms with E-state index < -0.39 is 0 Å². The highest BCUT2D eigenvalue weighted by Gasteiger charge is 2.38. The van der Waals surface area contributed by atoms with Gasteiger partial charge in [-0.3, -0.25) is 0 Å².